The minimum absolute atomic E-state index is 0.135. The molecule has 3 aliphatic rings. The van der Waals surface area contributed by atoms with E-state index in [2.05, 4.69) is 0 Å². The third kappa shape index (κ3) is 7.17. The summed E-state index contributed by atoms with van der Waals surface area (Å²) < 4.78 is 40.0. The second kappa shape index (κ2) is 15.0. The van der Waals surface area contributed by atoms with Gasteiger partial charge in [0.05, 0.1) is 24.9 Å². The molecule has 4 heterocycles. The Kier molecular flexibility index (Phi) is 11.0. The number of aromatic hydroxyl groups is 2. The number of hydrogen-bond acceptors (Lipinski definition) is 18. The van der Waals surface area contributed by atoms with Crippen molar-refractivity contribution in [3.05, 3.63) is 46.6 Å². The van der Waals surface area contributed by atoms with E-state index in [1.165, 1.54) is 37.3 Å². The summed E-state index contributed by atoms with van der Waals surface area (Å²) in [6, 6.07) is 7.48. The molecule has 0 spiro atoms. The van der Waals surface area contributed by atoms with Gasteiger partial charge >= 0.3 is 0 Å². The highest BCUT2D eigenvalue weighted by Crippen LogP contribution is 2.39. The molecule has 18 nitrogen and oxygen atoms in total. The second-order valence-corrected chi connectivity index (χ2v) is 13.3. The van der Waals surface area contributed by atoms with Gasteiger partial charge in [-0.3, -0.25) is 4.79 Å². The van der Waals surface area contributed by atoms with Gasteiger partial charge in [-0.25, -0.2) is 0 Å². The maximum absolute atomic E-state index is 14.0. The number of benzene rings is 2. The number of aliphatic hydroxyl groups is 8. The van der Waals surface area contributed by atoms with Crippen molar-refractivity contribution in [1.29, 1.82) is 0 Å². The largest absolute Gasteiger partial charge is 0.508 e. The number of hydrogen-bond donors (Lipinski definition) is 10. The summed E-state index contributed by atoms with van der Waals surface area (Å²) in [4.78, 5) is 14.0. The third-order valence-corrected chi connectivity index (χ3v) is 9.68. The number of aliphatic hydroxyl groups excluding tert-OH is 8. The first-order valence-electron chi connectivity index (χ1n) is 16.6. The van der Waals surface area contributed by atoms with Crippen molar-refractivity contribution >= 4 is 11.0 Å². The van der Waals surface area contributed by atoms with E-state index in [4.69, 9.17) is 32.8 Å². The topological polar surface area (TPSA) is 288 Å². The summed E-state index contributed by atoms with van der Waals surface area (Å²) >= 11 is 0. The first kappa shape index (κ1) is 38.1. The standard InChI is InChI=1S/C34H42O18/c1-11-12(2)47-32(27(43)21(11)37)46-10-19-23(39)26(42)29(45)34(51-19)52-31-24(40)20-17(36)8-16(49-33-28(44)25(41)22(38)13(3)48-33)9-18(20)50-30(31)14-4-6-15(35)7-5-14/h4-9,11-13,19,21-23,25-29,32-39,41-45H,10H2,1-3H3. The Bertz CT molecular complexity index is 1770. The zero-order valence-electron chi connectivity index (χ0n) is 28.1. The number of ether oxygens (including phenoxy) is 6. The number of phenolic OH excluding ortho intramolecular Hbond substituents is 2. The van der Waals surface area contributed by atoms with E-state index in [9.17, 15) is 55.9 Å². The van der Waals surface area contributed by atoms with Crippen LogP contribution >= 0.6 is 0 Å². The summed E-state index contributed by atoms with van der Waals surface area (Å²) in [6.07, 6.45) is -20.5. The minimum atomic E-state index is -1.95. The molecule has 3 aliphatic heterocycles. The lowest BCUT2D eigenvalue weighted by Crippen LogP contribution is -2.61. The molecule has 15 unspecified atom stereocenters. The lowest BCUT2D eigenvalue weighted by Gasteiger charge is -2.42. The number of fused-ring (bicyclic) bond motifs is 1. The van der Waals surface area contributed by atoms with Crippen LogP contribution in [0.25, 0.3) is 22.3 Å². The summed E-state index contributed by atoms with van der Waals surface area (Å²) in [5.74, 6) is -2.33. The van der Waals surface area contributed by atoms with Crippen LogP contribution in [-0.2, 0) is 18.9 Å². The van der Waals surface area contributed by atoms with Crippen LogP contribution in [0.1, 0.15) is 20.8 Å². The SMILES string of the molecule is CC1OC(OCC2OC(Oc3c(-c4ccc(O)cc4)oc4cc(OC5OC(C)C(O)C(O)C5O)cc(O)c4c3=O)C(O)C(O)C2O)C(O)C(O)C1C. The van der Waals surface area contributed by atoms with E-state index in [0.717, 1.165) is 6.07 Å². The molecule has 6 rings (SSSR count). The smallest absolute Gasteiger partial charge is 0.239 e. The Morgan fingerprint density at radius 1 is 0.654 bits per heavy atom. The van der Waals surface area contributed by atoms with Crippen molar-refractivity contribution in [3.63, 3.8) is 0 Å². The maximum atomic E-state index is 14.0. The van der Waals surface area contributed by atoms with E-state index in [-0.39, 0.29) is 28.4 Å². The summed E-state index contributed by atoms with van der Waals surface area (Å²) in [7, 11) is 0. The van der Waals surface area contributed by atoms with Gasteiger partial charge in [0, 0.05) is 23.6 Å². The zero-order chi connectivity index (χ0) is 37.8. The Morgan fingerprint density at radius 2 is 1.25 bits per heavy atom. The van der Waals surface area contributed by atoms with Gasteiger partial charge in [-0.15, -0.1) is 0 Å². The average Bonchev–Trinajstić information content (AvgIpc) is 3.11. The Morgan fingerprint density at radius 3 is 1.92 bits per heavy atom. The molecule has 52 heavy (non-hydrogen) atoms. The van der Waals surface area contributed by atoms with Crippen LogP contribution in [0.3, 0.4) is 0 Å². The monoisotopic (exact) mass is 738 g/mol. The number of phenols is 2. The van der Waals surface area contributed by atoms with Gasteiger partial charge in [0.15, 0.2) is 12.1 Å². The van der Waals surface area contributed by atoms with Crippen LogP contribution in [0, 0.1) is 5.92 Å². The fraction of sp³-hybridized carbons (Fsp3) is 0.559. The fourth-order valence-corrected chi connectivity index (χ4v) is 6.24. The van der Waals surface area contributed by atoms with E-state index in [1.807, 2.05) is 0 Å². The van der Waals surface area contributed by atoms with Crippen molar-refractivity contribution in [2.24, 2.45) is 5.92 Å². The van der Waals surface area contributed by atoms with E-state index in [1.54, 1.807) is 13.8 Å². The molecule has 10 N–H and O–H groups in total. The fourth-order valence-electron chi connectivity index (χ4n) is 6.24. The molecule has 0 saturated carbocycles. The highest BCUT2D eigenvalue weighted by atomic mass is 16.7. The van der Waals surface area contributed by atoms with Crippen LogP contribution in [0.2, 0.25) is 0 Å². The third-order valence-electron chi connectivity index (χ3n) is 9.68. The molecule has 3 aromatic rings. The molecule has 0 aliphatic carbocycles. The van der Waals surface area contributed by atoms with Gasteiger partial charge in [0.2, 0.25) is 23.8 Å². The zero-order valence-corrected chi connectivity index (χ0v) is 28.1. The van der Waals surface area contributed by atoms with E-state index >= 15 is 0 Å². The number of rotatable bonds is 8. The average molecular weight is 739 g/mol. The molecule has 0 amide bonds. The van der Waals surface area contributed by atoms with Gasteiger partial charge < -0.3 is 83.9 Å². The molecule has 3 fully saturated rings. The summed E-state index contributed by atoms with van der Waals surface area (Å²) in [5, 5.41) is 104. The van der Waals surface area contributed by atoms with E-state index in [0.29, 0.717) is 0 Å². The summed E-state index contributed by atoms with van der Waals surface area (Å²) in [6.45, 7) is 4.27. The molecule has 2 aromatic carbocycles. The van der Waals surface area contributed by atoms with Crippen molar-refractivity contribution in [1.82, 2.24) is 0 Å². The highest BCUT2D eigenvalue weighted by molar-refractivity contribution is 5.88. The summed E-state index contributed by atoms with van der Waals surface area (Å²) in [5.41, 5.74) is -1.10. The molecular formula is C34H42O18. The Hall–Kier alpha value is -3.63. The Labute approximate surface area is 295 Å². The van der Waals surface area contributed by atoms with Gasteiger partial charge in [0.1, 0.15) is 77.0 Å². The van der Waals surface area contributed by atoms with Gasteiger partial charge in [0.25, 0.3) is 0 Å². The molecular weight excluding hydrogens is 696 g/mol. The van der Waals surface area contributed by atoms with Crippen molar-refractivity contribution in [2.45, 2.75) is 107 Å². The lowest BCUT2D eigenvalue weighted by molar-refractivity contribution is -0.313. The first-order chi connectivity index (χ1) is 24.6. The van der Waals surface area contributed by atoms with Crippen molar-refractivity contribution < 1.29 is 83.9 Å². The maximum Gasteiger partial charge on any atom is 0.239 e. The molecule has 3 saturated heterocycles. The molecule has 0 radical (unpaired) electrons. The van der Waals surface area contributed by atoms with Crippen LogP contribution in [0.15, 0.2) is 45.6 Å². The van der Waals surface area contributed by atoms with E-state index < -0.39 is 121 Å². The minimum Gasteiger partial charge on any atom is -0.508 e. The van der Waals surface area contributed by atoms with Crippen molar-refractivity contribution in [3.8, 4) is 34.3 Å². The van der Waals surface area contributed by atoms with Gasteiger partial charge in [-0.1, -0.05) is 6.92 Å². The first-order valence-corrected chi connectivity index (χ1v) is 16.6. The van der Waals surface area contributed by atoms with Crippen molar-refractivity contribution in [2.75, 3.05) is 6.61 Å². The van der Waals surface area contributed by atoms with Crippen LogP contribution < -0.4 is 14.9 Å². The lowest BCUT2D eigenvalue weighted by atomic mass is 9.92. The van der Waals surface area contributed by atoms with Crippen LogP contribution in [0.5, 0.6) is 23.0 Å². The quantitative estimate of drug-likeness (QED) is 0.124. The molecule has 0 bridgehead atoms. The second-order valence-electron chi connectivity index (χ2n) is 13.3. The highest BCUT2D eigenvalue weighted by Gasteiger charge is 2.48. The van der Waals surface area contributed by atoms with Crippen LogP contribution in [-0.4, -0.2) is 144 Å². The Balaban J connectivity index is 1.32. The molecule has 286 valence electrons. The van der Waals surface area contributed by atoms with Gasteiger partial charge in [-0.2, -0.15) is 0 Å². The normalized spacial score (nSPS) is 38.2. The van der Waals surface area contributed by atoms with Gasteiger partial charge in [-0.05, 0) is 38.1 Å². The predicted octanol–water partition coefficient (Wildman–Crippen LogP) is -1.62. The predicted molar refractivity (Wildman–Crippen MR) is 173 cm³/mol. The molecule has 1 aromatic heterocycles. The molecule has 18 heteroatoms. The molecule has 15 atom stereocenters. The van der Waals surface area contributed by atoms with Crippen LogP contribution in [0.4, 0.5) is 0 Å².